The van der Waals surface area contributed by atoms with Crippen molar-refractivity contribution in [1.29, 1.82) is 0 Å². The number of hydrogen-bond donors (Lipinski definition) is 1. The van der Waals surface area contributed by atoms with Crippen LogP contribution in [0, 0.1) is 0 Å². The fourth-order valence-electron chi connectivity index (χ4n) is 2.39. The molecule has 0 saturated carbocycles. The second kappa shape index (κ2) is 9.69. The monoisotopic (exact) mass is 379 g/mol. The van der Waals surface area contributed by atoms with Crippen LogP contribution in [0.2, 0.25) is 0 Å². The molecule has 0 aromatic heterocycles. The molecule has 0 unspecified atom stereocenters. The minimum absolute atomic E-state index is 0.0437. The van der Waals surface area contributed by atoms with Gasteiger partial charge in [-0.3, -0.25) is 4.79 Å². The number of nitrogens with one attached hydrogen (secondary N) is 1. The average Bonchev–Trinajstić information content (AvgIpc) is 2.73. The summed E-state index contributed by atoms with van der Waals surface area (Å²) in [4.78, 5) is 13.3. The summed E-state index contributed by atoms with van der Waals surface area (Å²) >= 11 is 1.79. The molecule has 3 rings (SSSR count). The second-order valence-electron chi connectivity index (χ2n) is 5.81. The van der Waals surface area contributed by atoms with E-state index in [2.05, 4.69) is 17.4 Å². The van der Waals surface area contributed by atoms with Crippen molar-refractivity contribution in [3.05, 3.63) is 84.4 Å². The van der Waals surface area contributed by atoms with Gasteiger partial charge >= 0.3 is 0 Å². The van der Waals surface area contributed by atoms with Gasteiger partial charge in [-0.25, -0.2) is 0 Å². The molecule has 4 nitrogen and oxygen atoms in total. The lowest BCUT2D eigenvalue weighted by Gasteiger charge is -2.09. The maximum Gasteiger partial charge on any atom is 0.262 e. The number of methoxy groups -OCH3 is 1. The van der Waals surface area contributed by atoms with Gasteiger partial charge in [-0.05, 0) is 54.1 Å². The number of thioether (sulfide) groups is 1. The summed E-state index contributed by atoms with van der Waals surface area (Å²) in [7, 11) is 1.61. The van der Waals surface area contributed by atoms with Gasteiger partial charge in [0.1, 0.15) is 11.5 Å². The fourth-order valence-corrected chi connectivity index (χ4v) is 3.26. The molecule has 3 aromatic carbocycles. The van der Waals surface area contributed by atoms with E-state index in [0.29, 0.717) is 5.75 Å². The van der Waals surface area contributed by atoms with Crippen molar-refractivity contribution in [3.63, 3.8) is 0 Å². The highest BCUT2D eigenvalue weighted by Gasteiger charge is 2.04. The van der Waals surface area contributed by atoms with Gasteiger partial charge in [0.05, 0.1) is 7.11 Å². The van der Waals surface area contributed by atoms with E-state index in [1.807, 2.05) is 42.5 Å². The van der Waals surface area contributed by atoms with Crippen molar-refractivity contribution in [2.45, 2.75) is 10.6 Å². The summed E-state index contributed by atoms with van der Waals surface area (Å²) in [5.74, 6) is 2.06. The van der Waals surface area contributed by atoms with Crippen LogP contribution in [-0.2, 0) is 10.5 Å². The smallest absolute Gasteiger partial charge is 0.262 e. The van der Waals surface area contributed by atoms with E-state index in [0.717, 1.165) is 17.2 Å². The Balaban J connectivity index is 1.45. The van der Waals surface area contributed by atoms with Gasteiger partial charge in [0.2, 0.25) is 0 Å². The molecule has 0 aliphatic carbocycles. The van der Waals surface area contributed by atoms with Crippen LogP contribution in [0.25, 0.3) is 0 Å². The summed E-state index contributed by atoms with van der Waals surface area (Å²) < 4.78 is 10.6. The van der Waals surface area contributed by atoms with Crippen LogP contribution in [0.3, 0.4) is 0 Å². The number of ether oxygens (including phenoxy) is 2. The summed E-state index contributed by atoms with van der Waals surface area (Å²) in [6, 6.07) is 25.3. The Kier molecular flexibility index (Phi) is 6.77. The summed E-state index contributed by atoms with van der Waals surface area (Å²) in [5, 5.41) is 2.84. The Labute approximate surface area is 163 Å². The lowest BCUT2D eigenvalue weighted by Crippen LogP contribution is -2.20. The average molecular weight is 379 g/mol. The van der Waals surface area contributed by atoms with Crippen LogP contribution in [0.1, 0.15) is 5.56 Å². The van der Waals surface area contributed by atoms with E-state index in [-0.39, 0.29) is 12.5 Å². The topological polar surface area (TPSA) is 47.6 Å². The predicted octanol–water partition coefficient (Wildman–Crippen LogP) is 5.01. The number of benzene rings is 3. The zero-order valence-electron chi connectivity index (χ0n) is 15.1. The van der Waals surface area contributed by atoms with E-state index in [1.54, 1.807) is 43.1 Å². The third kappa shape index (κ3) is 6.08. The summed E-state index contributed by atoms with van der Waals surface area (Å²) in [6.07, 6.45) is 0. The predicted molar refractivity (Wildman–Crippen MR) is 110 cm³/mol. The van der Waals surface area contributed by atoms with Crippen molar-refractivity contribution in [3.8, 4) is 11.5 Å². The molecule has 0 radical (unpaired) electrons. The number of amides is 1. The van der Waals surface area contributed by atoms with Gasteiger partial charge in [0.25, 0.3) is 5.91 Å². The molecule has 138 valence electrons. The second-order valence-corrected chi connectivity index (χ2v) is 6.86. The highest BCUT2D eigenvalue weighted by atomic mass is 32.2. The molecular weight excluding hydrogens is 358 g/mol. The van der Waals surface area contributed by atoms with Gasteiger partial charge in [0.15, 0.2) is 6.61 Å². The molecule has 3 aromatic rings. The first kappa shape index (κ1) is 18.9. The molecule has 0 bridgehead atoms. The maximum atomic E-state index is 12.0. The molecule has 1 amide bonds. The van der Waals surface area contributed by atoms with E-state index in [9.17, 15) is 4.79 Å². The molecule has 0 aliphatic heterocycles. The van der Waals surface area contributed by atoms with E-state index in [4.69, 9.17) is 9.47 Å². The van der Waals surface area contributed by atoms with Crippen LogP contribution in [0.15, 0.2) is 83.8 Å². The molecule has 5 heteroatoms. The first-order valence-corrected chi connectivity index (χ1v) is 9.55. The van der Waals surface area contributed by atoms with Crippen molar-refractivity contribution < 1.29 is 14.3 Å². The van der Waals surface area contributed by atoms with Crippen molar-refractivity contribution in [2.75, 3.05) is 19.0 Å². The minimum Gasteiger partial charge on any atom is -0.497 e. The third-order valence-corrected chi connectivity index (χ3v) is 4.90. The lowest BCUT2D eigenvalue weighted by molar-refractivity contribution is -0.118. The van der Waals surface area contributed by atoms with Crippen LogP contribution in [-0.4, -0.2) is 19.6 Å². The van der Waals surface area contributed by atoms with Gasteiger partial charge in [-0.1, -0.05) is 30.3 Å². The first-order chi connectivity index (χ1) is 13.2. The highest BCUT2D eigenvalue weighted by molar-refractivity contribution is 7.98. The lowest BCUT2D eigenvalue weighted by atomic mass is 10.2. The summed E-state index contributed by atoms with van der Waals surface area (Å²) in [5.41, 5.74) is 1.96. The number of rotatable bonds is 8. The molecule has 0 saturated heterocycles. The van der Waals surface area contributed by atoms with Gasteiger partial charge in [0, 0.05) is 16.3 Å². The zero-order valence-corrected chi connectivity index (χ0v) is 15.9. The van der Waals surface area contributed by atoms with Gasteiger partial charge < -0.3 is 14.8 Å². The SMILES string of the molecule is COc1ccc(OCC(=O)Nc2ccc(CSc3ccccc3)cc2)cc1. The van der Waals surface area contributed by atoms with Crippen LogP contribution in [0.4, 0.5) is 5.69 Å². The summed E-state index contributed by atoms with van der Waals surface area (Å²) in [6.45, 7) is -0.0437. The number of anilines is 1. The van der Waals surface area contributed by atoms with Gasteiger partial charge in [-0.2, -0.15) is 0 Å². The normalized spacial score (nSPS) is 10.3. The Bertz CT molecular complexity index is 849. The van der Waals surface area contributed by atoms with E-state index >= 15 is 0 Å². The first-order valence-electron chi connectivity index (χ1n) is 8.56. The van der Waals surface area contributed by atoms with Crippen molar-refractivity contribution in [1.82, 2.24) is 0 Å². The molecule has 27 heavy (non-hydrogen) atoms. The largest absolute Gasteiger partial charge is 0.497 e. The third-order valence-electron chi connectivity index (χ3n) is 3.82. The fraction of sp³-hybridized carbons (Fsp3) is 0.136. The Morgan fingerprint density at radius 1 is 0.889 bits per heavy atom. The zero-order chi connectivity index (χ0) is 18.9. The molecule has 1 N–H and O–H groups in total. The maximum absolute atomic E-state index is 12.0. The Morgan fingerprint density at radius 3 is 2.22 bits per heavy atom. The molecule has 0 spiro atoms. The minimum atomic E-state index is -0.197. The standard InChI is InChI=1S/C22H21NO3S/c1-25-19-11-13-20(14-12-19)26-15-22(24)23-18-9-7-17(8-10-18)16-27-21-5-3-2-4-6-21/h2-14H,15-16H2,1H3,(H,23,24). The van der Waals surface area contributed by atoms with Crippen LogP contribution in [0.5, 0.6) is 11.5 Å². The van der Waals surface area contributed by atoms with Crippen LogP contribution < -0.4 is 14.8 Å². The quantitative estimate of drug-likeness (QED) is 0.559. The van der Waals surface area contributed by atoms with Crippen molar-refractivity contribution in [2.24, 2.45) is 0 Å². The number of carbonyl (C=O) groups excluding carboxylic acids is 1. The highest BCUT2D eigenvalue weighted by Crippen LogP contribution is 2.23. The van der Waals surface area contributed by atoms with Gasteiger partial charge in [-0.15, -0.1) is 11.8 Å². The number of carbonyl (C=O) groups is 1. The van der Waals surface area contributed by atoms with Crippen LogP contribution >= 0.6 is 11.8 Å². The van der Waals surface area contributed by atoms with Crippen molar-refractivity contribution >= 4 is 23.4 Å². The molecular formula is C22H21NO3S. The van der Waals surface area contributed by atoms with E-state index < -0.39 is 0 Å². The molecule has 0 heterocycles. The van der Waals surface area contributed by atoms with E-state index in [1.165, 1.54) is 10.5 Å². The molecule has 0 fully saturated rings. The molecule has 0 aliphatic rings. The molecule has 0 atom stereocenters. The Morgan fingerprint density at radius 2 is 1.56 bits per heavy atom. The Hall–Kier alpha value is -2.92. The number of hydrogen-bond acceptors (Lipinski definition) is 4.